The molecule has 10 aromatic carbocycles. The number of rotatable bonds is 14. The van der Waals surface area contributed by atoms with Gasteiger partial charge in [-0.25, -0.2) is 0 Å². The molecule has 9 aromatic heterocycles. The van der Waals surface area contributed by atoms with Gasteiger partial charge >= 0.3 is 0 Å². The van der Waals surface area contributed by atoms with Crippen molar-refractivity contribution in [2.75, 3.05) is 0 Å². The maximum Gasteiger partial charge on any atom is 0.0799 e. The smallest absolute Gasteiger partial charge is 0.0799 e. The van der Waals surface area contributed by atoms with E-state index in [9.17, 15) is 0 Å². The SMILES string of the molecule is CC(C)c1cc(-c2[c-]cc3c(c2)c2ccccc2n3-c2ccccc2)ncc1[Si](C)(C)C.CC(C)c1cc(-c2[c-]cc3sc4ccccc4c3c2)ncc1[Si](C)(C)C.CCn1c2c[c-]c(-c3cc(C(C)C)c([Si](C)(C)C)cn3)cc2c2ccccc21.[Ir].[Ir].[Ir].[c-]1ccccc1-c1ccccn1.[c-]1ccccc1-c1ccccn1.[c-]1ccccc1-c1ccccn1. The molecule has 0 amide bonds. The fraction of sp³-hybridized carbons (Fsp3) is 0.182. The minimum absolute atomic E-state index is 0. The van der Waals surface area contributed by atoms with Crippen molar-refractivity contribution in [1.82, 2.24) is 39.0 Å². The zero-order valence-electron chi connectivity index (χ0n) is 74.0. The van der Waals surface area contributed by atoms with Crippen LogP contribution in [0.25, 0.3) is 137 Å². The quantitative estimate of drug-likeness (QED) is 0.0796. The molecular formula is C110H106Ir3N8SSi3-6. The number of pyridine rings is 6. The third-order valence-corrected chi connectivity index (χ3v) is 29.1. The third-order valence-electron chi connectivity index (χ3n) is 21.8. The topological polar surface area (TPSA) is 87.2 Å². The molecule has 0 atom stereocenters. The minimum atomic E-state index is -1.45. The number of nitrogens with zero attached hydrogens (tertiary/aromatic N) is 8. The van der Waals surface area contributed by atoms with Gasteiger partial charge in [0.1, 0.15) is 0 Å². The van der Waals surface area contributed by atoms with Crippen molar-refractivity contribution in [3.05, 3.63) is 375 Å². The van der Waals surface area contributed by atoms with Crippen LogP contribution in [0.2, 0.25) is 58.9 Å². The Morgan fingerprint density at radius 2 is 0.648 bits per heavy atom. The van der Waals surface area contributed by atoms with Crippen LogP contribution in [-0.2, 0) is 66.9 Å². The summed E-state index contributed by atoms with van der Waals surface area (Å²) in [6, 6.07) is 118. The van der Waals surface area contributed by atoms with Crippen LogP contribution >= 0.6 is 11.3 Å². The van der Waals surface area contributed by atoms with E-state index < -0.39 is 24.2 Å². The molecule has 0 fully saturated rings. The monoisotopic (exact) mass is 2230 g/mol. The van der Waals surface area contributed by atoms with Gasteiger partial charge in [0.2, 0.25) is 0 Å². The van der Waals surface area contributed by atoms with Crippen LogP contribution in [-0.4, -0.2) is 63.3 Å². The Hall–Kier alpha value is -10.5. The van der Waals surface area contributed by atoms with E-state index in [1.807, 2.05) is 139 Å². The van der Waals surface area contributed by atoms with Gasteiger partial charge in [-0.3, -0.25) is 0 Å². The van der Waals surface area contributed by atoms with Crippen molar-refractivity contribution >= 4 is 115 Å². The summed E-state index contributed by atoms with van der Waals surface area (Å²) in [5, 5.41) is 12.1. The summed E-state index contributed by atoms with van der Waals surface area (Å²) in [6.07, 6.45) is 11.7. The van der Waals surface area contributed by atoms with Crippen molar-refractivity contribution in [2.45, 2.75) is 132 Å². The summed E-state index contributed by atoms with van der Waals surface area (Å²) in [5.41, 5.74) is 22.7. The number of benzene rings is 10. The Kier molecular flexibility index (Phi) is 32.8. The van der Waals surface area contributed by atoms with E-state index >= 15 is 0 Å². The van der Waals surface area contributed by atoms with Crippen molar-refractivity contribution in [2.24, 2.45) is 0 Å². The second kappa shape index (κ2) is 43.1. The van der Waals surface area contributed by atoms with Gasteiger partial charge in [0.25, 0.3) is 0 Å². The molecule has 19 aromatic rings. The minimum Gasteiger partial charge on any atom is -0.381 e. The molecule has 8 nitrogen and oxygen atoms in total. The molecule has 3 radical (unpaired) electrons. The Morgan fingerprint density at radius 3 is 1.04 bits per heavy atom. The van der Waals surface area contributed by atoms with Crippen molar-refractivity contribution in [3.63, 3.8) is 0 Å². The molecule has 0 aliphatic rings. The average molecular weight is 2230 g/mol. The van der Waals surface area contributed by atoms with Gasteiger partial charge < -0.3 is 39.0 Å². The third kappa shape index (κ3) is 22.9. The molecule has 19 rings (SSSR count). The first-order valence-electron chi connectivity index (χ1n) is 42.3. The fourth-order valence-corrected chi connectivity index (χ4v) is 21.7. The molecule has 0 saturated heterocycles. The van der Waals surface area contributed by atoms with Crippen LogP contribution in [0.4, 0.5) is 0 Å². The second-order valence-corrected chi connectivity index (χ2v) is 50.8. The van der Waals surface area contributed by atoms with Crippen molar-refractivity contribution < 1.29 is 60.3 Å². The van der Waals surface area contributed by atoms with Crippen molar-refractivity contribution in [1.29, 1.82) is 0 Å². The molecule has 9 heterocycles. The molecule has 0 aliphatic carbocycles. The van der Waals surface area contributed by atoms with E-state index in [1.54, 1.807) is 18.6 Å². The molecule has 125 heavy (non-hydrogen) atoms. The van der Waals surface area contributed by atoms with E-state index in [0.717, 1.165) is 74.1 Å². The number of fused-ring (bicyclic) bond motifs is 9. The predicted octanol–water partition coefficient (Wildman–Crippen LogP) is 27.9. The first-order chi connectivity index (χ1) is 58.9. The molecule has 15 heteroatoms. The zero-order chi connectivity index (χ0) is 85.7. The largest absolute Gasteiger partial charge is 0.381 e. The van der Waals surface area contributed by atoms with Crippen LogP contribution < -0.4 is 15.6 Å². The number of hydrogen-bond acceptors (Lipinski definition) is 7. The Bertz CT molecular complexity index is 6420. The van der Waals surface area contributed by atoms with Gasteiger partial charge in [-0.05, 0) is 155 Å². The zero-order valence-corrected chi connectivity index (χ0v) is 85.0. The summed E-state index contributed by atoms with van der Waals surface area (Å²) >= 11 is 1.83. The predicted molar refractivity (Wildman–Crippen MR) is 528 cm³/mol. The van der Waals surface area contributed by atoms with E-state index in [2.05, 4.69) is 344 Å². The van der Waals surface area contributed by atoms with Crippen LogP contribution in [0.3, 0.4) is 0 Å². The number of thiophene rings is 1. The molecule has 0 unspecified atom stereocenters. The van der Waals surface area contributed by atoms with Gasteiger partial charge in [-0.1, -0.05) is 261 Å². The second-order valence-electron chi connectivity index (χ2n) is 34.6. The van der Waals surface area contributed by atoms with E-state index in [0.29, 0.717) is 17.8 Å². The molecule has 0 bridgehead atoms. The van der Waals surface area contributed by atoms with Crippen LogP contribution in [0, 0.1) is 36.4 Å². The van der Waals surface area contributed by atoms with Crippen LogP contribution in [0.5, 0.6) is 0 Å². The first kappa shape index (κ1) is 95.2. The summed E-state index contributed by atoms with van der Waals surface area (Å²) in [4.78, 5) is 27.3. The van der Waals surface area contributed by atoms with Crippen molar-refractivity contribution in [3.8, 4) is 73.2 Å². The average Bonchev–Trinajstić information content (AvgIpc) is 1.60. The van der Waals surface area contributed by atoms with Gasteiger partial charge in [0.15, 0.2) is 0 Å². The Balaban J connectivity index is 0.000000151. The van der Waals surface area contributed by atoms with Crippen LogP contribution in [0.15, 0.2) is 322 Å². The normalized spacial score (nSPS) is 11.3. The molecular weight excluding hydrogens is 2130 g/mol. The summed E-state index contributed by atoms with van der Waals surface area (Å²) < 4.78 is 7.31. The molecule has 0 saturated carbocycles. The van der Waals surface area contributed by atoms with Gasteiger partial charge in [0, 0.05) is 125 Å². The number of para-hydroxylation sites is 3. The Labute approximate surface area is 787 Å². The maximum absolute atomic E-state index is 4.91. The summed E-state index contributed by atoms with van der Waals surface area (Å²) in [6.45, 7) is 38.4. The molecule has 0 spiro atoms. The van der Waals surface area contributed by atoms with Crippen LogP contribution in [0.1, 0.15) is 82.9 Å². The summed E-state index contributed by atoms with van der Waals surface area (Å²) in [5.74, 6) is 1.47. The molecule has 0 aliphatic heterocycles. The maximum atomic E-state index is 4.91. The van der Waals surface area contributed by atoms with E-state index in [-0.39, 0.29) is 60.3 Å². The number of hydrogen-bond donors (Lipinski definition) is 0. The van der Waals surface area contributed by atoms with E-state index in [1.165, 1.54) is 102 Å². The number of aromatic nitrogens is 8. The van der Waals surface area contributed by atoms with Gasteiger partial charge in [-0.15, -0.1) is 179 Å². The first-order valence-corrected chi connectivity index (χ1v) is 53.6. The van der Waals surface area contributed by atoms with Gasteiger partial charge in [-0.2, -0.15) is 11.3 Å². The molecule has 0 N–H and O–H groups in total. The Morgan fingerprint density at radius 1 is 0.296 bits per heavy atom. The fourth-order valence-electron chi connectivity index (χ4n) is 15.6. The standard InChI is InChI=1S/C29H29N2Si.C25H29N2Si.C23H24NSSi.3C11H8N.3Ir/c1-20(2)24-18-26(30-19-29(24)32(3,4)5)21-15-16-28-25(17-21)23-13-9-10-14-27(23)31(28)22-11-7-6-8-12-22;1-7-27-23-11-9-8-10-19(23)21-14-18(12-13-24(21)27)22-15-20(17(2)3)25(16-26-22)28(4,5)6;1-15(2)18-13-20(24-14-23(18)26(3,4)5)16-10-11-22-19(12-16)17-8-6-7-9-21(17)25-22;3*1-2-6-10(7-3-1)11-8-4-5-9-12-11;;;/h6-14,16-20H,1-5H3;8-11,13-17H,7H2,1-6H3;6-9,11-15H,1-5H3;3*1-6,8-9H;;;/q6*-1;;;. The number of aryl methyl sites for hydroxylation is 1. The summed E-state index contributed by atoms with van der Waals surface area (Å²) in [7, 11) is -4.28. The van der Waals surface area contributed by atoms with E-state index in [4.69, 9.17) is 15.0 Å². The van der Waals surface area contributed by atoms with Gasteiger partial charge in [0.05, 0.1) is 24.2 Å². The molecule has 637 valence electrons.